The third kappa shape index (κ3) is 3.06. The Hall–Kier alpha value is -1.92. The lowest BCUT2D eigenvalue weighted by Crippen LogP contribution is -2.47. The number of halogens is 2. The highest BCUT2D eigenvalue weighted by Gasteiger charge is 2.25. The molecule has 1 aromatic carbocycles. The second-order valence-corrected chi connectivity index (χ2v) is 5.34. The largest absolute Gasteiger partial charge is 0.351 e. The van der Waals surface area contributed by atoms with E-state index in [0.717, 1.165) is 17.0 Å². The average molecular weight is 309 g/mol. The van der Waals surface area contributed by atoms with E-state index in [2.05, 4.69) is 20.6 Å². The Morgan fingerprint density at radius 1 is 1.52 bits per heavy atom. The van der Waals surface area contributed by atoms with Gasteiger partial charge in [0.1, 0.15) is 5.82 Å². The van der Waals surface area contributed by atoms with Crippen LogP contribution in [-0.4, -0.2) is 21.9 Å². The molecule has 0 aliphatic carbocycles. The number of amides is 1. The Balaban J connectivity index is 1.58. The number of nitrogens with one attached hydrogen (secondary N) is 3. The number of imidazole rings is 1. The van der Waals surface area contributed by atoms with Crippen LogP contribution in [0.25, 0.3) is 0 Å². The van der Waals surface area contributed by atoms with Gasteiger partial charge in [-0.15, -0.1) is 0 Å². The molecular formula is C14H14ClFN4O. The zero-order chi connectivity index (χ0) is 14.8. The summed E-state index contributed by atoms with van der Waals surface area (Å²) in [6.07, 6.45) is 2.18. The summed E-state index contributed by atoms with van der Waals surface area (Å²) in [4.78, 5) is 19.4. The van der Waals surface area contributed by atoms with E-state index >= 15 is 0 Å². The van der Waals surface area contributed by atoms with Crippen LogP contribution in [0.4, 0.5) is 4.39 Å². The number of carbonyl (C=O) groups excluding carboxylic acids is 1. The summed E-state index contributed by atoms with van der Waals surface area (Å²) in [5.41, 5.74) is 2.69. The van der Waals surface area contributed by atoms with E-state index in [9.17, 15) is 9.18 Å². The van der Waals surface area contributed by atoms with Gasteiger partial charge in [-0.1, -0.05) is 17.7 Å². The van der Waals surface area contributed by atoms with Gasteiger partial charge >= 0.3 is 0 Å². The maximum atomic E-state index is 13.1. The summed E-state index contributed by atoms with van der Waals surface area (Å²) < 4.78 is 13.1. The number of rotatable bonds is 3. The Morgan fingerprint density at radius 3 is 3.19 bits per heavy atom. The Morgan fingerprint density at radius 2 is 2.38 bits per heavy atom. The lowest BCUT2D eigenvalue weighted by molar-refractivity contribution is -0.123. The Kier molecular flexibility index (Phi) is 3.90. The molecule has 2 aromatic rings. The molecule has 0 saturated carbocycles. The second-order valence-electron chi connectivity index (χ2n) is 4.93. The molecule has 5 nitrogen and oxygen atoms in total. The molecule has 1 atom stereocenters. The molecule has 0 radical (unpaired) electrons. The first-order chi connectivity index (χ1) is 10.1. The Bertz CT molecular complexity index is 673. The lowest BCUT2D eigenvalue weighted by Gasteiger charge is -2.22. The van der Waals surface area contributed by atoms with E-state index in [-0.39, 0.29) is 17.0 Å². The highest BCUT2D eigenvalue weighted by Crippen LogP contribution is 2.16. The van der Waals surface area contributed by atoms with Crippen LogP contribution in [0.5, 0.6) is 0 Å². The minimum atomic E-state index is -0.466. The van der Waals surface area contributed by atoms with Crippen molar-refractivity contribution < 1.29 is 9.18 Å². The highest BCUT2D eigenvalue weighted by molar-refractivity contribution is 6.30. The molecule has 1 unspecified atom stereocenters. The molecule has 0 spiro atoms. The third-order valence-corrected chi connectivity index (χ3v) is 3.79. The Labute approximate surface area is 125 Å². The van der Waals surface area contributed by atoms with Gasteiger partial charge < -0.3 is 10.3 Å². The number of benzene rings is 1. The van der Waals surface area contributed by atoms with Gasteiger partial charge in [0.2, 0.25) is 5.91 Å². The number of fused-ring (bicyclic) bond motifs is 1. The van der Waals surface area contributed by atoms with Crippen LogP contribution in [0.15, 0.2) is 24.5 Å². The van der Waals surface area contributed by atoms with Crippen molar-refractivity contribution in [3.63, 3.8) is 0 Å². The highest BCUT2D eigenvalue weighted by atomic mass is 35.5. The summed E-state index contributed by atoms with van der Waals surface area (Å²) in [6.45, 7) is 0.903. The molecule has 1 aliphatic rings. The topological polar surface area (TPSA) is 69.8 Å². The van der Waals surface area contributed by atoms with Gasteiger partial charge in [0.05, 0.1) is 28.8 Å². The van der Waals surface area contributed by atoms with Crippen LogP contribution >= 0.6 is 11.6 Å². The van der Waals surface area contributed by atoms with Gasteiger partial charge in [0, 0.05) is 19.5 Å². The summed E-state index contributed by atoms with van der Waals surface area (Å²) >= 11 is 5.71. The van der Waals surface area contributed by atoms with Crippen LogP contribution in [0.2, 0.25) is 5.02 Å². The number of hydrogen-bond donors (Lipinski definition) is 3. The van der Waals surface area contributed by atoms with Crippen molar-refractivity contribution in [1.82, 2.24) is 20.6 Å². The maximum Gasteiger partial charge on any atom is 0.237 e. The predicted octanol–water partition coefficient (Wildman–Crippen LogP) is 1.53. The fourth-order valence-electron chi connectivity index (χ4n) is 2.32. The number of hydrogen-bond acceptors (Lipinski definition) is 3. The standard InChI is InChI=1S/C14H14ClFN4O/c15-9-3-8(1-2-10(9)16)5-18-14(21)12-4-11-13(6-17-12)20-7-19-11/h1-3,7,12,17H,4-6H2,(H,18,21)(H,19,20). The first-order valence-electron chi connectivity index (χ1n) is 6.59. The van der Waals surface area contributed by atoms with Gasteiger partial charge in [-0.2, -0.15) is 0 Å². The third-order valence-electron chi connectivity index (χ3n) is 3.50. The number of nitrogens with zero attached hydrogens (tertiary/aromatic N) is 1. The average Bonchev–Trinajstić information content (AvgIpc) is 2.95. The molecule has 21 heavy (non-hydrogen) atoms. The maximum absolute atomic E-state index is 13.1. The summed E-state index contributed by atoms with van der Waals surface area (Å²) in [6, 6.07) is 4.09. The SMILES string of the molecule is O=C(NCc1ccc(F)c(Cl)c1)C1Cc2nc[nH]c2CN1. The van der Waals surface area contributed by atoms with Crippen molar-refractivity contribution in [2.45, 2.75) is 25.6 Å². The minimum absolute atomic E-state index is 0.0544. The lowest BCUT2D eigenvalue weighted by atomic mass is 10.0. The van der Waals surface area contributed by atoms with Gasteiger partial charge in [0.25, 0.3) is 0 Å². The molecule has 3 N–H and O–H groups in total. The van der Waals surface area contributed by atoms with E-state index in [1.807, 2.05) is 0 Å². The van der Waals surface area contributed by atoms with Crippen LogP contribution in [0, 0.1) is 5.82 Å². The molecule has 0 saturated heterocycles. The molecule has 0 fully saturated rings. The zero-order valence-electron chi connectivity index (χ0n) is 11.1. The van der Waals surface area contributed by atoms with Crippen molar-refractivity contribution in [3.8, 4) is 0 Å². The van der Waals surface area contributed by atoms with Crippen molar-refractivity contribution >= 4 is 17.5 Å². The predicted molar refractivity (Wildman–Crippen MR) is 76.2 cm³/mol. The molecule has 0 bridgehead atoms. The van der Waals surface area contributed by atoms with E-state index in [1.165, 1.54) is 12.1 Å². The molecule has 1 amide bonds. The van der Waals surface area contributed by atoms with E-state index in [0.29, 0.717) is 19.5 Å². The van der Waals surface area contributed by atoms with E-state index < -0.39 is 5.82 Å². The number of carbonyl (C=O) groups is 1. The first kappa shape index (κ1) is 14.0. The first-order valence-corrected chi connectivity index (χ1v) is 6.97. The van der Waals surface area contributed by atoms with Gasteiger partial charge in [-0.05, 0) is 17.7 Å². The number of aromatic nitrogens is 2. The fourth-order valence-corrected chi connectivity index (χ4v) is 2.52. The van der Waals surface area contributed by atoms with Gasteiger partial charge in [-0.25, -0.2) is 9.37 Å². The summed E-state index contributed by atoms with van der Waals surface area (Å²) in [5.74, 6) is -0.573. The van der Waals surface area contributed by atoms with Crippen molar-refractivity contribution in [2.75, 3.05) is 0 Å². The molecule has 2 heterocycles. The van der Waals surface area contributed by atoms with Crippen molar-refractivity contribution in [3.05, 3.63) is 52.3 Å². The number of H-pyrrole nitrogens is 1. The normalized spacial score (nSPS) is 17.3. The summed E-state index contributed by atoms with van der Waals surface area (Å²) in [5, 5.41) is 6.02. The monoisotopic (exact) mass is 308 g/mol. The van der Waals surface area contributed by atoms with Crippen LogP contribution in [0.1, 0.15) is 17.0 Å². The molecule has 110 valence electrons. The minimum Gasteiger partial charge on any atom is -0.351 e. The molecule has 7 heteroatoms. The number of aromatic amines is 1. The van der Waals surface area contributed by atoms with Crippen LogP contribution in [-0.2, 0) is 24.3 Å². The van der Waals surface area contributed by atoms with E-state index in [4.69, 9.17) is 11.6 Å². The smallest absolute Gasteiger partial charge is 0.237 e. The molecule has 1 aromatic heterocycles. The van der Waals surface area contributed by atoms with Crippen molar-refractivity contribution in [1.29, 1.82) is 0 Å². The quantitative estimate of drug-likeness (QED) is 0.805. The summed E-state index contributed by atoms with van der Waals surface area (Å²) in [7, 11) is 0. The van der Waals surface area contributed by atoms with Crippen molar-refractivity contribution in [2.24, 2.45) is 0 Å². The zero-order valence-corrected chi connectivity index (χ0v) is 11.9. The van der Waals surface area contributed by atoms with Gasteiger partial charge in [-0.3, -0.25) is 10.1 Å². The molecular weight excluding hydrogens is 295 g/mol. The fraction of sp³-hybridized carbons (Fsp3) is 0.286. The van der Waals surface area contributed by atoms with E-state index in [1.54, 1.807) is 12.4 Å². The molecule has 3 rings (SSSR count). The second kappa shape index (κ2) is 5.83. The van der Waals surface area contributed by atoms with Crippen LogP contribution in [0.3, 0.4) is 0 Å². The van der Waals surface area contributed by atoms with Crippen LogP contribution < -0.4 is 10.6 Å². The van der Waals surface area contributed by atoms with Gasteiger partial charge in [0.15, 0.2) is 0 Å². The molecule has 1 aliphatic heterocycles.